The average molecular weight is 687 g/mol. The zero-order valence-corrected chi connectivity index (χ0v) is 23.9. The van der Waals surface area contributed by atoms with Gasteiger partial charge in [-0.1, -0.05) is 36.4 Å². The molecule has 0 radical (unpaired) electrons. The second kappa shape index (κ2) is 18.9. The largest absolute Gasteiger partial charge is 3.00 e. The number of aromatic nitrogens is 3. The van der Waals surface area contributed by atoms with Crippen molar-refractivity contribution in [2.24, 2.45) is 0 Å². The van der Waals surface area contributed by atoms with Gasteiger partial charge in [0.05, 0.1) is 0 Å². The third-order valence-electron chi connectivity index (χ3n) is 4.95. The quantitative estimate of drug-likeness (QED) is 0.199. The number of benzene rings is 3. The van der Waals surface area contributed by atoms with E-state index in [9.17, 15) is 0 Å². The van der Waals surface area contributed by atoms with Crippen LogP contribution in [0.4, 0.5) is 0 Å². The van der Waals surface area contributed by atoms with Crippen LogP contribution in [0.3, 0.4) is 0 Å². The van der Waals surface area contributed by atoms with Crippen molar-refractivity contribution in [3.8, 4) is 33.8 Å². The SMILES string of the molecule is CO.[Ir+3].[c-]1ccccc1-c1ccccn1.[c-]1ccccc1-c1ccccn1.[c-]1ccccc1-c1ccccn1. The smallest absolute Gasteiger partial charge is 0.400 e. The molecule has 3 heterocycles. The molecular weight excluding hydrogens is 659 g/mol. The third kappa shape index (κ3) is 10.9. The molecule has 0 saturated heterocycles. The average Bonchev–Trinajstić information content (AvgIpc) is 3.05. The minimum Gasteiger partial charge on any atom is -0.400 e. The molecule has 0 fully saturated rings. The zero-order chi connectivity index (χ0) is 26.7. The van der Waals surface area contributed by atoms with E-state index in [1.165, 1.54) is 0 Å². The Morgan fingerprint density at radius 2 is 0.692 bits per heavy atom. The Morgan fingerprint density at radius 1 is 0.410 bits per heavy atom. The summed E-state index contributed by atoms with van der Waals surface area (Å²) in [5.74, 6) is 0. The van der Waals surface area contributed by atoms with E-state index in [2.05, 4.69) is 33.2 Å². The van der Waals surface area contributed by atoms with Crippen LogP contribution >= 0.6 is 0 Å². The Morgan fingerprint density at radius 3 is 0.897 bits per heavy atom. The summed E-state index contributed by atoms with van der Waals surface area (Å²) in [5.41, 5.74) is 6.03. The van der Waals surface area contributed by atoms with Crippen LogP contribution in [0.5, 0.6) is 0 Å². The summed E-state index contributed by atoms with van der Waals surface area (Å²) in [6.07, 6.45) is 5.36. The molecule has 0 aliphatic rings. The van der Waals surface area contributed by atoms with E-state index in [1.807, 2.05) is 127 Å². The molecule has 0 aliphatic heterocycles. The van der Waals surface area contributed by atoms with Crippen molar-refractivity contribution in [1.29, 1.82) is 0 Å². The van der Waals surface area contributed by atoms with Gasteiger partial charge in [0.15, 0.2) is 0 Å². The van der Waals surface area contributed by atoms with Crippen LogP contribution in [0.2, 0.25) is 0 Å². The number of hydrogen-bond acceptors (Lipinski definition) is 4. The maximum atomic E-state index is 7.00. The molecule has 0 unspecified atom stereocenters. The number of pyridine rings is 3. The number of aliphatic hydroxyl groups is 1. The molecule has 194 valence electrons. The molecule has 0 amide bonds. The summed E-state index contributed by atoms with van der Waals surface area (Å²) in [6.45, 7) is 0. The van der Waals surface area contributed by atoms with Crippen molar-refractivity contribution in [3.63, 3.8) is 0 Å². The van der Waals surface area contributed by atoms with Gasteiger partial charge in [0.2, 0.25) is 0 Å². The van der Waals surface area contributed by atoms with Gasteiger partial charge in [-0.15, -0.1) is 108 Å². The molecule has 6 aromatic rings. The van der Waals surface area contributed by atoms with Gasteiger partial charge in [0.25, 0.3) is 0 Å². The van der Waals surface area contributed by atoms with Crippen LogP contribution in [0.15, 0.2) is 146 Å². The molecule has 4 nitrogen and oxygen atoms in total. The van der Waals surface area contributed by atoms with Gasteiger partial charge in [-0.25, -0.2) is 0 Å². The number of aliphatic hydroxyl groups excluding tert-OH is 1. The van der Waals surface area contributed by atoms with Crippen LogP contribution in [-0.4, -0.2) is 27.2 Å². The fraction of sp³-hybridized carbons (Fsp3) is 0.0294. The molecule has 3 aromatic carbocycles. The standard InChI is InChI=1S/3C11H8N.CH4O.Ir/c3*1-2-6-10(7-3-1)11-8-4-5-9-12-11;1-2;/h3*1-6,8-9H;2H,1H3;/q3*-1;;+3. The van der Waals surface area contributed by atoms with Gasteiger partial charge in [-0.05, 0) is 35.3 Å². The number of hydrogen-bond donors (Lipinski definition) is 1. The second-order valence-corrected chi connectivity index (χ2v) is 7.47. The number of rotatable bonds is 3. The minimum absolute atomic E-state index is 0. The van der Waals surface area contributed by atoms with Crippen molar-refractivity contribution in [1.82, 2.24) is 15.0 Å². The van der Waals surface area contributed by atoms with E-state index in [1.54, 1.807) is 18.6 Å². The summed E-state index contributed by atoms with van der Waals surface area (Å²) in [4.78, 5) is 12.7. The predicted molar refractivity (Wildman–Crippen MR) is 154 cm³/mol. The summed E-state index contributed by atoms with van der Waals surface area (Å²) in [6, 6.07) is 50.5. The normalized spacial score (nSPS) is 9.08. The summed E-state index contributed by atoms with van der Waals surface area (Å²) < 4.78 is 0. The Hall–Kier alpha value is -4.28. The predicted octanol–water partition coefficient (Wildman–Crippen LogP) is 7.25. The van der Waals surface area contributed by atoms with Gasteiger partial charge in [-0.2, -0.15) is 0 Å². The monoisotopic (exact) mass is 687 g/mol. The first-order valence-electron chi connectivity index (χ1n) is 12.0. The van der Waals surface area contributed by atoms with Crippen LogP contribution in [0.25, 0.3) is 33.8 Å². The molecule has 6 rings (SSSR count). The van der Waals surface area contributed by atoms with Crippen LogP contribution in [0.1, 0.15) is 0 Å². The van der Waals surface area contributed by atoms with E-state index in [-0.39, 0.29) is 20.1 Å². The first-order chi connectivity index (χ1) is 18.9. The zero-order valence-electron chi connectivity index (χ0n) is 21.5. The summed E-state index contributed by atoms with van der Waals surface area (Å²) in [7, 11) is 1.00. The van der Waals surface area contributed by atoms with Crippen molar-refractivity contribution in [3.05, 3.63) is 164 Å². The second-order valence-electron chi connectivity index (χ2n) is 7.47. The van der Waals surface area contributed by atoms with E-state index in [0.29, 0.717) is 0 Å². The first kappa shape index (κ1) is 30.9. The Labute approximate surface area is 244 Å². The van der Waals surface area contributed by atoms with Crippen molar-refractivity contribution in [2.75, 3.05) is 7.11 Å². The number of nitrogens with zero attached hydrogens (tertiary/aromatic N) is 3. The fourth-order valence-electron chi connectivity index (χ4n) is 3.22. The molecule has 0 atom stereocenters. The van der Waals surface area contributed by atoms with Crippen molar-refractivity contribution < 1.29 is 25.2 Å². The first-order valence-corrected chi connectivity index (χ1v) is 12.0. The van der Waals surface area contributed by atoms with E-state index in [0.717, 1.165) is 40.9 Å². The topological polar surface area (TPSA) is 58.9 Å². The van der Waals surface area contributed by atoms with Crippen LogP contribution in [-0.2, 0) is 20.1 Å². The Balaban J connectivity index is 0.000000196. The molecule has 3 aromatic heterocycles. The molecule has 1 N–H and O–H groups in total. The van der Waals surface area contributed by atoms with E-state index in [4.69, 9.17) is 5.11 Å². The van der Waals surface area contributed by atoms with Gasteiger partial charge in [-0.3, -0.25) is 0 Å². The molecule has 0 saturated carbocycles. The third-order valence-corrected chi connectivity index (χ3v) is 4.95. The fourth-order valence-corrected chi connectivity index (χ4v) is 3.22. The van der Waals surface area contributed by atoms with E-state index >= 15 is 0 Å². The van der Waals surface area contributed by atoms with Gasteiger partial charge in [0, 0.05) is 25.7 Å². The van der Waals surface area contributed by atoms with Crippen LogP contribution < -0.4 is 0 Å². The van der Waals surface area contributed by atoms with Gasteiger partial charge >= 0.3 is 20.1 Å². The Bertz CT molecular complexity index is 1100. The van der Waals surface area contributed by atoms with Gasteiger partial charge < -0.3 is 20.1 Å². The maximum Gasteiger partial charge on any atom is 3.00 e. The van der Waals surface area contributed by atoms with Crippen molar-refractivity contribution in [2.45, 2.75) is 0 Å². The molecule has 5 heteroatoms. The maximum absolute atomic E-state index is 7.00. The molecule has 0 bridgehead atoms. The van der Waals surface area contributed by atoms with Gasteiger partial charge in [0.1, 0.15) is 0 Å². The molecule has 0 aliphatic carbocycles. The van der Waals surface area contributed by atoms with Crippen molar-refractivity contribution >= 4 is 0 Å². The Kier molecular flexibility index (Phi) is 15.0. The van der Waals surface area contributed by atoms with Crippen LogP contribution in [0, 0.1) is 18.2 Å². The summed E-state index contributed by atoms with van der Waals surface area (Å²) in [5, 5.41) is 7.00. The van der Waals surface area contributed by atoms with E-state index < -0.39 is 0 Å². The molecule has 0 spiro atoms. The molecular formula is C34H28IrN3O. The minimum atomic E-state index is 0. The molecule has 39 heavy (non-hydrogen) atoms. The summed E-state index contributed by atoms with van der Waals surface area (Å²) >= 11 is 0.